The van der Waals surface area contributed by atoms with Crippen LogP contribution in [-0.4, -0.2) is 17.5 Å². The number of rotatable bonds is 7. The van der Waals surface area contributed by atoms with E-state index in [-0.39, 0.29) is 18.0 Å². The molecule has 24 heavy (non-hydrogen) atoms. The fourth-order valence-electron chi connectivity index (χ4n) is 1.80. The normalized spacial score (nSPS) is 12.0. The van der Waals surface area contributed by atoms with Crippen LogP contribution in [0.2, 0.25) is 0 Å². The maximum Gasteiger partial charge on any atom is 0.416 e. The SMILES string of the molecule is CCCCC(=O)N/N=C(\C)CC(=O)Nc1cccc(C(F)(F)F)c1. The number of nitrogens with zero attached hydrogens (tertiary/aromatic N) is 1. The molecular weight excluding hydrogens is 323 g/mol. The smallest absolute Gasteiger partial charge is 0.326 e. The molecule has 132 valence electrons. The molecule has 0 fully saturated rings. The minimum Gasteiger partial charge on any atom is -0.326 e. The van der Waals surface area contributed by atoms with E-state index in [1.54, 1.807) is 6.92 Å². The third-order valence-corrected chi connectivity index (χ3v) is 3.02. The molecule has 0 radical (unpaired) electrons. The molecule has 0 spiro atoms. The highest BCUT2D eigenvalue weighted by Gasteiger charge is 2.30. The van der Waals surface area contributed by atoms with Crippen LogP contribution in [0, 0.1) is 0 Å². The molecule has 1 aromatic rings. The maximum absolute atomic E-state index is 12.6. The number of amides is 2. The Morgan fingerprint density at radius 3 is 2.54 bits per heavy atom. The van der Waals surface area contributed by atoms with Crippen LogP contribution in [0.4, 0.5) is 18.9 Å². The molecule has 1 aromatic carbocycles. The zero-order chi connectivity index (χ0) is 18.2. The number of anilines is 1. The minimum atomic E-state index is -4.47. The molecular formula is C16H20F3N3O2. The molecule has 8 heteroatoms. The van der Waals surface area contributed by atoms with Gasteiger partial charge in [-0.05, 0) is 31.5 Å². The summed E-state index contributed by atoms with van der Waals surface area (Å²) in [5.41, 5.74) is 1.90. The summed E-state index contributed by atoms with van der Waals surface area (Å²) in [6, 6.07) is 4.37. The highest BCUT2D eigenvalue weighted by Crippen LogP contribution is 2.30. The Kier molecular flexibility index (Phi) is 7.41. The summed E-state index contributed by atoms with van der Waals surface area (Å²) in [5.74, 6) is -0.757. The fourth-order valence-corrected chi connectivity index (χ4v) is 1.80. The minimum absolute atomic E-state index is 0.0506. The highest BCUT2D eigenvalue weighted by molar-refractivity contribution is 6.05. The summed E-state index contributed by atoms with van der Waals surface area (Å²) in [4.78, 5) is 23.2. The Balaban J connectivity index is 2.55. The van der Waals surface area contributed by atoms with Gasteiger partial charge in [0.05, 0.1) is 12.0 Å². The summed E-state index contributed by atoms with van der Waals surface area (Å²) in [5, 5.41) is 6.17. The lowest BCUT2D eigenvalue weighted by Crippen LogP contribution is -2.21. The number of carbonyl (C=O) groups excluding carboxylic acids is 2. The molecule has 0 aliphatic heterocycles. The van der Waals surface area contributed by atoms with Crippen molar-refractivity contribution in [1.29, 1.82) is 0 Å². The van der Waals surface area contributed by atoms with Gasteiger partial charge in [-0.1, -0.05) is 19.4 Å². The van der Waals surface area contributed by atoms with E-state index in [0.29, 0.717) is 12.1 Å². The largest absolute Gasteiger partial charge is 0.416 e. The predicted octanol–water partition coefficient (Wildman–Crippen LogP) is 3.72. The summed E-state index contributed by atoms with van der Waals surface area (Å²) in [7, 11) is 0. The van der Waals surface area contributed by atoms with Gasteiger partial charge in [-0.25, -0.2) is 5.43 Å². The summed E-state index contributed by atoms with van der Waals surface area (Å²) < 4.78 is 37.8. The second kappa shape index (κ2) is 9.05. The van der Waals surface area contributed by atoms with E-state index < -0.39 is 17.6 Å². The first-order valence-corrected chi connectivity index (χ1v) is 7.51. The number of benzene rings is 1. The number of halogens is 3. The van der Waals surface area contributed by atoms with E-state index in [2.05, 4.69) is 15.8 Å². The molecule has 2 amide bonds. The van der Waals surface area contributed by atoms with Crippen LogP contribution in [0.1, 0.15) is 45.1 Å². The first-order valence-electron chi connectivity index (χ1n) is 7.51. The van der Waals surface area contributed by atoms with Crippen molar-refractivity contribution in [2.24, 2.45) is 5.10 Å². The second-order valence-electron chi connectivity index (χ2n) is 5.29. The van der Waals surface area contributed by atoms with Gasteiger partial charge in [0, 0.05) is 17.8 Å². The molecule has 0 bridgehead atoms. The van der Waals surface area contributed by atoms with Gasteiger partial charge in [-0.2, -0.15) is 18.3 Å². The van der Waals surface area contributed by atoms with E-state index in [0.717, 1.165) is 25.0 Å². The van der Waals surface area contributed by atoms with Gasteiger partial charge in [-0.15, -0.1) is 0 Å². The molecule has 0 unspecified atom stereocenters. The lowest BCUT2D eigenvalue weighted by atomic mass is 10.2. The topological polar surface area (TPSA) is 70.6 Å². The van der Waals surface area contributed by atoms with Crippen LogP contribution >= 0.6 is 0 Å². The molecule has 0 heterocycles. The number of hydrogen-bond acceptors (Lipinski definition) is 3. The Labute approximate surface area is 138 Å². The Morgan fingerprint density at radius 1 is 1.21 bits per heavy atom. The highest BCUT2D eigenvalue weighted by atomic mass is 19.4. The van der Waals surface area contributed by atoms with Gasteiger partial charge < -0.3 is 5.32 Å². The van der Waals surface area contributed by atoms with Crippen molar-refractivity contribution in [3.8, 4) is 0 Å². The van der Waals surface area contributed by atoms with Gasteiger partial charge in [0.1, 0.15) is 0 Å². The van der Waals surface area contributed by atoms with Crippen molar-refractivity contribution in [1.82, 2.24) is 5.43 Å². The van der Waals surface area contributed by atoms with Gasteiger partial charge in [0.2, 0.25) is 11.8 Å². The van der Waals surface area contributed by atoms with Gasteiger partial charge in [-0.3, -0.25) is 9.59 Å². The Bertz CT molecular complexity index is 613. The quantitative estimate of drug-likeness (QED) is 0.585. The number of alkyl halides is 3. The van der Waals surface area contributed by atoms with Gasteiger partial charge in [0.25, 0.3) is 0 Å². The first kappa shape index (κ1) is 19.7. The van der Waals surface area contributed by atoms with Crippen molar-refractivity contribution in [2.45, 2.75) is 45.7 Å². The zero-order valence-corrected chi connectivity index (χ0v) is 13.5. The standard InChI is InChI=1S/C16H20F3N3O2/c1-3-4-8-14(23)22-21-11(2)9-15(24)20-13-7-5-6-12(10-13)16(17,18)19/h5-7,10H,3-4,8-9H2,1-2H3,(H,20,24)(H,22,23)/b21-11+. The van der Waals surface area contributed by atoms with Gasteiger partial charge >= 0.3 is 6.18 Å². The first-order chi connectivity index (χ1) is 11.2. The van der Waals surface area contributed by atoms with Crippen LogP contribution in [-0.2, 0) is 15.8 Å². The molecule has 1 rings (SSSR count). The molecule has 2 N–H and O–H groups in total. The molecule has 0 aliphatic rings. The average Bonchev–Trinajstić information content (AvgIpc) is 2.50. The molecule has 0 aliphatic carbocycles. The number of unbranched alkanes of at least 4 members (excludes halogenated alkanes) is 1. The fraction of sp³-hybridized carbons (Fsp3) is 0.438. The van der Waals surface area contributed by atoms with Crippen LogP contribution < -0.4 is 10.7 Å². The number of carbonyl (C=O) groups is 2. The van der Waals surface area contributed by atoms with Crippen LogP contribution in [0.15, 0.2) is 29.4 Å². The summed E-state index contributed by atoms with van der Waals surface area (Å²) in [6.07, 6.45) is -2.62. The van der Waals surface area contributed by atoms with Gasteiger partial charge in [0.15, 0.2) is 0 Å². The van der Waals surface area contributed by atoms with Crippen molar-refractivity contribution >= 4 is 23.2 Å². The van der Waals surface area contributed by atoms with E-state index in [9.17, 15) is 22.8 Å². The van der Waals surface area contributed by atoms with Crippen LogP contribution in [0.5, 0.6) is 0 Å². The van der Waals surface area contributed by atoms with Crippen molar-refractivity contribution < 1.29 is 22.8 Å². The second-order valence-corrected chi connectivity index (χ2v) is 5.29. The van der Waals surface area contributed by atoms with Crippen molar-refractivity contribution in [3.63, 3.8) is 0 Å². The van der Waals surface area contributed by atoms with Crippen molar-refractivity contribution in [2.75, 3.05) is 5.32 Å². The number of hydrazone groups is 1. The Morgan fingerprint density at radius 2 is 1.92 bits per heavy atom. The summed E-state index contributed by atoms with van der Waals surface area (Å²) in [6.45, 7) is 3.51. The molecule has 0 saturated heterocycles. The summed E-state index contributed by atoms with van der Waals surface area (Å²) >= 11 is 0. The van der Waals surface area contributed by atoms with Crippen LogP contribution in [0.25, 0.3) is 0 Å². The number of nitrogens with one attached hydrogen (secondary N) is 2. The Hall–Kier alpha value is -2.38. The average molecular weight is 343 g/mol. The predicted molar refractivity (Wildman–Crippen MR) is 85.5 cm³/mol. The van der Waals surface area contributed by atoms with E-state index >= 15 is 0 Å². The third kappa shape index (κ3) is 7.26. The molecule has 5 nitrogen and oxygen atoms in total. The lowest BCUT2D eigenvalue weighted by molar-refractivity contribution is -0.137. The van der Waals surface area contributed by atoms with Crippen molar-refractivity contribution in [3.05, 3.63) is 29.8 Å². The van der Waals surface area contributed by atoms with E-state index in [1.165, 1.54) is 12.1 Å². The van der Waals surface area contributed by atoms with Crippen LogP contribution in [0.3, 0.4) is 0 Å². The molecule has 0 aromatic heterocycles. The zero-order valence-electron chi connectivity index (χ0n) is 13.5. The number of hydrogen-bond donors (Lipinski definition) is 2. The molecule has 0 atom stereocenters. The van der Waals surface area contributed by atoms with E-state index in [4.69, 9.17) is 0 Å². The lowest BCUT2D eigenvalue weighted by Gasteiger charge is -2.10. The monoisotopic (exact) mass is 343 g/mol. The van der Waals surface area contributed by atoms with E-state index in [1.807, 2.05) is 6.92 Å². The maximum atomic E-state index is 12.6. The molecule has 0 saturated carbocycles. The third-order valence-electron chi connectivity index (χ3n) is 3.02.